The molecule has 1 aliphatic rings. The van der Waals surface area contributed by atoms with Gasteiger partial charge in [-0.1, -0.05) is 0 Å². The summed E-state index contributed by atoms with van der Waals surface area (Å²) in [5.74, 6) is 0.737. The topological polar surface area (TPSA) is 51.3 Å². The van der Waals surface area contributed by atoms with Gasteiger partial charge < -0.3 is 15.2 Å². The summed E-state index contributed by atoms with van der Waals surface area (Å²) in [7, 11) is 1.95. The second kappa shape index (κ2) is 6.96. The maximum atomic E-state index is 12.5. The standard InChI is InChI=1S/C14H23N3O.ClH/c1-11-5-6-13(16(11)2)14(18)17-9-3-4-12(10-17)7-8-15;/h5-6,12H,3-4,7-10,15H2,1-2H3;1H. The lowest BCUT2D eigenvalue weighted by molar-refractivity contribution is 0.0659. The summed E-state index contributed by atoms with van der Waals surface area (Å²) >= 11 is 0. The molecule has 1 aromatic heterocycles. The normalized spacial score (nSPS) is 19.1. The summed E-state index contributed by atoms with van der Waals surface area (Å²) in [6.45, 7) is 4.48. The molecular formula is C14H24ClN3O. The Bertz CT molecular complexity index is 428. The molecule has 4 nitrogen and oxygen atoms in total. The molecule has 1 fully saturated rings. The van der Waals surface area contributed by atoms with Gasteiger partial charge in [0.2, 0.25) is 0 Å². The van der Waals surface area contributed by atoms with Gasteiger partial charge in [0.25, 0.3) is 5.91 Å². The van der Waals surface area contributed by atoms with Gasteiger partial charge >= 0.3 is 0 Å². The van der Waals surface area contributed by atoms with Crippen LogP contribution in [0.2, 0.25) is 0 Å². The maximum Gasteiger partial charge on any atom is 0.270 e. The minimum atomic E-state index is 0. The molecule has 0 aliphatic carbocycles. The number of hydrogen-bond acceptors (Lipinski definition) is 2. The summed E-state index contributed by atoms with van der Waals surface area (Å²) in [5, 5.41) is 0. The summed E-state index contributed by atoms with van der Waals surface area (Å²) in [6.07, 6.45) is 3.32. The second-order valence-electron chi connectivity index (χ2n) is 5.26. The van der Waals surface area contributed by atoms with Gasteiger partial charge in [0.05, 0.1) is 0 Å². The first-order valence-corrected chi connectivity index (χ1v) is 6.75. The van der Waals surface area contributed by atoms with Crippen LogP contribution in [-0.2, 0) is 7.05 Å². The zero-order valence-corrected chi connectivity index (χ0v) is 12.6. The van der Waals surface area contributed by atoms with Crippen molar-refractivity contribution in [3.63, 3.8) is 0 Å². The third-order valence-corrected chi connectivity index (χ3v) is 3.97. The molecular weight excluding hydrogens is 262 g/mol. The van der Waals surface area contributed by atoms with E-state index in [1.165, 1.54) is 6.42 Å². The van der Waals surface area contributed by atoms with E-state index in [0.29, 0.717) is 5.92 Å². The van der Waals surface area contributed by atoms with Gasteiger partial charge in [0.15, 0.2) is 0 Å². The number of nitrogens with two attached hydrogens (primary N) is 1. The molecule has 1 atom stereocenters. The predicted octanol–water partition coefficient (Wildman–Crippen LogP) is 1.96. The van der Waals surface area contributed by atoms with Crippen molar-refractivity contribution in [1.82, 2.24) is 9.47 Å². The molecule has 2 rings (SSSR count). The average Bonchev–Trinajstić information content (AvgIpc) is 2.70. The van der Waals surface area contributed by atoms with E-state index in [4.69, 9.17) is 5.73 Å². The van der Waals surface area contributed by atoms with E-state index in [1.54, 1.807) is 0 Å². The Hall–Kier alpha value is -1.00. The van der Waals surface area contributed by atoms with Crippen LogP contribution >= 0.6 is 12.4 Å². The molecule has 1 amide bonds. The fourth-order valence-corrected chi connectivity index (χ4v) is 2.71. The van der Waals surface area contributed by atoms with Crippen molar-refractivity contribution in [2.75, 3.05) is 19.6 Å². The third kappa shape index (κ3) is 3.51. The minimum Gasteiger partial charge on any atom is -0.344 e. The van der Waals surface area contributed by atoms with Crippen LogP contribution in [0.4, 0.5) is 0 Å². The van der Waals surface area contributed by atoms with E-state index < -0.39 is 0 Å². The van der Waals surface area contributed by atoms with Gasteiger partial charge in [-0.05, 0) is 50.8 Å². The molecule has 0 aromatic carbocycles. The second-order valence-corrected chi connectivity index (χ2v) is 5.26. The Labute approximate surface area is 121 Å². The lowest BCUT2D eigenvalue weighted by Crippen LogP contribution is -2.41. The number of halogens is 1. The van der Waals surface area contributed by atoms with Crippen LogP contribution in [-0.4, -0.2) is 35.0 Å². The molecule has 19 heavy (non-hydrogen) atoms. The van der Waals surface area contributed by atoms with Crippen molar-refractivity contribution in [2.24, 2.45) is 18.7 Å². The van der Waals surface area contributed by atoms with E-state index >= 15 is 0 Å². The Balaban J connectivity index is 0.00000180. The predicted molar refractivity (Wildman–Crippen MR) is 79.7 cm³/mol. The SMILES string of the molecule is Cc1ccc(C(=O)N2CCCC(CCN)C2)n1C.Cl. The molecule has 0 spiro atoms. The number of aryl methyl sites for hydroxylation is 1. The molecule has 0 saturated carbocycles. The highest BCUT2D eigenvalue weighted by atomic mass is 35.5. The molecule has 2 heterocycles. The minimum absolute atomic E-state index is 0. The molecule has 0 bridgehead atoms. The van der Waals surface area contributed by atoms with Crippen molar-refractivity contribution >= 4 is 18.3 Å². The first kappa shape index (κ1) is 16.1. The maximum absolute atomic E-state index is 12.5. The number of hydrogen-bond donors (Lipinski definition) is 1. The monoisotopic (exact) mass is 285 g/mol. The number of carbonyl (C=O) groups excluding carboxylic acids is 1. The number of piperidine rings is 1. The third-order valence-electron chi connectivity index (χ3n) is 3.97. The van der Waals surface area contributed by atoms with Crippen LogP contribution in [0, 0.1) is 12.8 Å². The zero-order valence-electron chi connectivity index (χ0n) is 11.8. The summed E-state index contributed by atoms with van der Waals surface area (Å²) in [6, 6.07) is 3.92. The van der Waals surface area contributed by atoms with Crippen LogP contribution in [0.1, 0.15) is 35.4 Å². The number of rotatable bonds is 3. The van der Waals surface area contributed by atoms with Gasteiger partial charge in [0, 0.05) is 25.8 Å². The molecule has 1 aromatic rings. The number of amides is 1. The smallest absolute Gasteiger partial charge is 0.270 e. The van der Waals surface area contributed by atoms with E-state index in [1.807, 2.05) is 35.6 Å². The van der Waals surface area contributed by atoms with E-state index in [2.05, 4.69) is 0 Å². The molecule has 1 unspecified atom stereocenters. The van der Waals surface area contributed by atoms with E-state index in [-0.39, 0.29) is 18.3 Å². The fourth-order valence-electron chi connectivity index (χ4n) is 2.71. The van der Waals surface area contributed by atoms with Crippen molar-refractivity contribution in [3.05, 3.63) is 23.5 Å². The highest BCUT2D eigenvalue weighted by molar-refractivity contribution is 5.93. The Morgan fingerprint density at radius 2 is 2.21 bits per heavy atom. The van der Waals surface area contributed by atoms with Crippen LogP contribution < -0.4 is 5.73 Å². The van der Waals surface area contributed by atoms with E-state index in [0.717, 1.165) is 43.9 Å². The summed E-state index contributed by atoms with van der Waals surface area (Å²) < 4.78 is 1.97. The van der Waals surface area contributed by atoms with Crippen LogP contribution in [0.5, 0.6) is 0 Å². The average molecular weight is 286 g/mol. The quantitative estimate of drug-likeness (QED) is 0.923. The summed E-state index contributed by atoms with van der Waals surface area (Å²) in [5.41, 5.74) is 7.52. The highest BCUT2D eigenvalue weighted by Crippen LogP contribution is 2.21. The molecule has 2 N–H and O–H groups in total. The molecule has 108 valence electrons. The van der Waals surface area contributed by atoms with Gasteiger partial charge in [-0.2, -0.15) is 0 Å². The largest absolute Gasteiger partial charge is 0.344 e. The van der Waals surface area contributed by atoms with Crippen molar-refractivity contribution < 1.29 is 4.79 Å². The van der Waals surface area contributed by atoms with Crippen LogP contribution in [0.15, 0.2) is 12.1 Å². The van der Waals surface area contributed by atoms with Crippen molar-refractivity contribution in [1.29, 1.82) is 0 Å². The molecule has 1 saturated heterocycles. The number of aromatic nitrogens is 1. The lowest BCUT2D eigenvalue weighted by Gasteiger charge is -2.32. The highest BCUT2D eigenvalue weighted by Gasteiger charge is 2.25. The van der Waals surface area contributed by atoms with Crippen molar-refractivity contribution in [3.8, 4) is 0 Å². The number of likely N-dealkylation sites (tertiary alicyclic amines) is 1. The number of carbonyl (C=O) groups is 1. The lowest BCUT2D eigenvalue weighted by atomic mass is 9.94. The van der Waals surface area contributed by atoms with E-state index in [9.17, 15) is 4.79 Å². The first-order valence-electron chi connectivity index (χ1n) is 6.75. The van der Waals surface area contributed by atoms with Gasteiger partial charge in [0.1, 0.15) is 5.69 Å². The zero-order chi connectivity index (χ0) is 13.1. The summed E-state index contributed by atoms with van der Waals surface area (Å²) in [4.78, 5) is 14.4. The Morgan fingerprint density at radius 1 is 1.47 bits per heavy atom. The molecule has 5 heteroatoms. The van der Waals surface area contributed by atoms with Gasteiger partial charge in [-0.3, -0.25) is 4.79 Å². The fraction of sp³-hybridized carbons (Fsp3) is 0.643. The molecule has 0 radical (unpaired) electrons. The van der Waals surface area contributed by atoms with Gasteiger partial charge in [-0.25, -0.2) is 0 Å². The van der Waals surface area contributed by atoms with Crippen LogP contribution in [0.3, 0.4) is 0 Å². The number of nitrogens with zero attached hydrogens (tertiary/aromatic N) is 2. The first-order chi connectivity index (χ1) is 8.63. The van der Waals surface area contributed by atoms with Gasteiger partial charge in [-0.15, -0.1) is 12.4 Å². The Morgan fingerprint density at radius 3 is 2.79 bits per heavy atom. The Kier molecular flexibility index (Phi) is 5.88. The van der Waals surface area contributed by atoms with Crippen molar-refractivity contribution in [2.45, 2.75) is 26.2 Å². The van der Waals surface area contributed by atoms with Crippen LogP contribution in [0.25, 0.3) is 0 Å². The molecule has 1 aliphatic heterocycles.